The Morgan fingerprint density at radius 1 is 1.31 bits per heavy atom. The predicted molar refractivity (Wildman–Crippen MR) is 72.4 cm³/mol. The van der Waals surface area contributed by atoms with E-state index in [-0.39, 0.29) is 17.5 Å². The monoisotopic (exact) mass is 241 g/mol. The zero-order chi connectivity index (χ0) is 12.7. The average molecular weight is 241 g/mol. The molecule has 0 bridgehead atoms. The Balaban J connectivity index is 2.93. The van der Waals surface area contributed by atoms with Gasteiger partial charge in [0.1, 0.15) is 0 Å². The molecular weight excluding hydrogens is 214 g/mol. The van der Waals surface area contributed by atoms with Gasteiger partial charge in [0.25, 0.3) is 0 Å². The first-order chi connectivity index (χ1) is 7.04. The SMILES string of the molecule is CC(C)C(=O)[C@@H]1C[Si](C)(C)CN1C(C)(C)C. The summed E-state index contributed by atoms with van der Waals surface area (Å²) in [7, 11) is -1.18. The number of hydrogen-bond donors (Lipinski definition) is 0. The van der Waals surface area contributed by atoms with E-state index in [0.29, 0.717) is 5.78 Å². The van der Waals surface area contributed by atoms with Gasteiger partial charge < -0.3 is 0 Å². The molecule has 1 heterocycles. The third-order valence-electron chi connectivity index (χ3n) is 3.48. The van der Waals surface area contributed by atoms with Gasteiger partial charge in [-0.15, -0.1) is 0 Å². The largest absolute Gasteiger partial charge is 0.298 e. The Morgan fingerprint density at radius 3 is 2.19 bits per heavy atom. The van der Waals surface area contributed by atoms with Crippen molar-refractivity contribution in [1.82, 2.24) is 4.90 Å². The molecular formula is C13H27NOSi. The zero-order valence-electron chi connectivity index (χ0n) is 11.9. The van der Waals surface area contributed by atoms with Crippen LogP contribution in [-0.4, -0.2) is 36.5 Å². The van der Waals surface area contributed by atoms with Crippen molar-refractivity contribution >= 4 is 13.9 Å². The van der Waals surface area contributed by atoms with Crippen LogP contribution in [0.4, 0.5) is 0 Å². The molecule has 3 heteroatoms. The minimum Gasteiger partial charge on any atom is -0.298 e. The van der Waals surface area contributed by atoms with Crippen molar-refractivity contribution in [3.05, 3.63) is 0 Å². The first kappa shape index (κ1) is 13.9. The molecule has 0 aliphatic carbocycles. The topological polar surface area (TPSA) is 20.3 Å². The molecule has 1 aliphatic heterocycles. The molecule has 0 saturated carbocycles. The van der Waals surface area contributed by atoms with Crippen LogP contribution in [0, 0.1) is 5.92 Å². The third kappa shape index (κ3) is 2.95. The Morgan fingerprint density at radius 2 is 1.81 bits per heavy atom. The summed E-state index contributed by atoms with van der Waals surface area (Å²) in [4.78, 5) is 14.7. The van der Waals surface area contributed by atoms with Gasteiger partial charge in [0.2, 0.25) is 0 Å². The Hall–Kier alpha value is -0.153. The Labute approximate surface area is 101 Å². The highest BCUT2D eigenvalue weighted by molar-refractivity contribution is 6.78. The molecule has 1 saturated heterocycles. The van der Waals surface area contributed by atoms with Gasteiger partial charge in [-0.2, -0.15) is 0 Å². The van der Waals surface area contributed by atoms with Crippen LogP contribution in [0.2, 0.25) is 19.1 Å². The molecule has 1 rings (SSSR count). The second kappa shape index (κ2) is 4.26. The summed E-state index contributed by atoms with van der Waals surface area (Å²) >= 11 is 0. The van der Waals surface area contributed by atoms with Crippen molar-refractivity contribution in [1.29, 1.82) is 0 Å². The smallest absolute Gasteiger partial charge is 0.152 e. The van der Waals surface area contributed by atoms with E-state index in [1.807, 2.05) is 13.8 Å². The molecule has 0 aromatic heterocycles. The van der Waals surface area contributed by atoms with Gasteiger partial charge >= 0.3 is 0 Å². The maximum atomic E-state index is 12.3. The van der Waals surface area contributed by atoms with Crippen LogP contribution < -0.4 is 0 Å². The van der Waals surface area contributed by atoms with Gasteiger partial charge in [0.05, 0.1) is 14.1 Å². The highest BCUT2D eigenvalue weighted by Crippen LogP contribution is 2.33. The van der Waals surface area contributed by atoms with E-state index in [2.05, 4.69) is 38.8 Å². The summed E-state index contributed by atoms with van der Waals surface area (Å²) in [5.41, 5.74) is 0.121. The van der Waals surface area contributed by atoms with E-state index < -0.39 is 8.07 Å². The maximum Gasteiger partial charge on any atom is 0.152 e. The fourth-order valence-corrected chi connectivity index (χ4v) is 5.83. The quantitative estimate of drug-likeness (QED) is 0.693. The summed E-state index contributed by atoms with van der Waals surface area (Å²) in [5, 5.41) is 0. The summed E-state index contributed by atoms with van der Waals surface area (Å²) in [6.45, 7) is 15.5. The third-order valence-corrected chi connectivity index (χ3v) is 6.17. The van der Waals surface area contributed by atoms with E-state index in [0.717, 1.165) is 6.04 Å². The molecule has 0 unspecified atom stereocenters. The number of nitrogens with zero attached hydrogens (tertiary/aromatic N) is 1. The van der Waals surface area contributed by atoms with Crippen LogP contribution in [0.1, 0.15) is 34.6 Å². The summed E-state index contributed by atoms with van der Waals surface area (Å²) < 4.78 is 0. The molecule has 0 aromatic rings. The molecule has 0 spiro atoms. The van der Waals surface area contributed by atoms with Crippen molar-refractivity contribution in [3.63, 3.8) is 0 Å². The van der Waals surface area contributed by atoms with Crippen molar-refractivity contribution < 1.29 is 4.79 Å². The fourth-order valence-electron chi connectivity index (χ4n) is 2.61. The van der Waals surface area contributed by atoms with Crippen LogP contribution in [-0.2, 0) is 4.79 Å². The highest BCUT2D eigenvalue weighted by atomic mass is 28.3. The van der Waals surface area contributed by atoms with Gasteiger partial charge in [-0.3, -0.25) is 9.69 Å². The number of rotatable bonds is 2. The standard InChI is InChI=1S/C13H27NOSi/c1-10(2)12(15)11-8-16(6,7)9-14(11)13(3,4)5/h10-11H,8-9H2,1-7H3/t11-/m0/s1. The average Bonchev–Trinajstić information content (AvgIpc) is 2.39. The van der Waals surface area contributed by atoms with Gasteiger partial charge in [-0.1, -0.05) is 26.9 Å². The minimum absolute atomic E-state index is 0.121. The molecule has 1 aliphatic rings. The van der Waals surface area contributed by atoms with Crippen molar-refractivity contribution in [3.8, 4) is 0 Å². The maximum absolute atomic E-state index is 12.3. The van der Waals surface area contributed by atoms with Crippen LogP contribution in [0.25, 0.3) is 0 Å². The number of carbonyl (C=O) groups excluding carboxylic acids is 1. The lowest BCUT2D eigenvalue weighted by Gasteiger charge is -2.37. The molecule has 1 fully saturated rings. The van der Waals surface area contributed by atoms with Crippen LogP contribution in [0.5, 0.6) is 0 Å². The van der Waals surface area contributed by atoms with Crippen molar-refractivity contribution in [2.24, 2.45) is 5.92 Å². The summed E-state index contributed by atoms with van der Waals surface area (Å²) in [5.74, 6) is 0.603. The first-order valence-electron chi connectivity index (χ1n) is 6.35. The van der Waals surface area contributed by atoms with Gasteiger partial charge in [-0.05, 0) is 33.0 Å². The number of carbonyl (C=O) groups is 1. The van der Waals surface area contributed by atoms with Crippen LogP contribution in [0.15, 0.2) is 0 Å². The van der Waals surface area contributed by atoms with Crippen molar-refractivity contribution in [2.45, 2.75) is 65.3 Å². The summed E-state index contributed by atoms with van der Waals surface area (Å²) in [6.07, 6.45) is 1.17. The molecule has 1 atom stereocenters. The lowest BCUT2D eigenvalue weighted by atomic mass is 9.97. The Bertz CT molecular complexity index is 278. The van der Waals surface area contributed by atoms with E-state index >= 15 is 0 Å². The van der Waals surface area contributed by atoms with Crippen LogP contribution in [0.3, 0.4) is 0 Å². The molecule has 16 heavy (non-hydrogen) atoms. The van der Waals surface area contributed by atoms with Crippen LogP contribution >= 0.6 is 0 Å². The number of Topliss-reactive ketones (excluding diaryl/α,β-unsaturated/α-hetero) is 1. The van der Waals surface area contributed by atoms with Gasteiger partial charge in [0.15, 0.2) is 5.78 Å². The van der Waals surface area contributed by atoms with E-state index in [4.69, 9.17) is 0 Å². The van der Waals surface area contributed by atoms with Gasteiger partial charge in [0, 0.05) is 11.5 Å². The lowest BCUT2D eigenvalue weighted by molar-refractivity contribution is -0.127. The number of hydrogen-bond acceptors (Lipinski definition) is 2. The minimum atomic E-state index is -1.18. The zero-order valence-corrected chi connectivity index (χ0v) is 12.9. The first-order valence-corrected chi connectivity index (χ1v) is 9.76. The molecule has 0 aromatic carbocycles. The molecule has 0 amide bonds. The molecule has 0 radical (unpaired) electrons. The normalized spacial score (nSPS) is 26.4. The van der Waals surface area contributed by atoms with E-state index in [1.54, 1.807) is 0 Å². The predicted octanol–water partition coefficient (Wildman–Crippen LogP) is 2.94. The van der Waals surface area contributed by atoms with E-state index in [1.165, 1.54) is 6.17 Å². The molecule has 0 N–H and O–H groups in total. The fraction of sp³-hybridized carbons (Fsp3) is 0.923. The second-order valence-corrected chi connectivity index (χ2v) is 12.3. The molecule has 2 nitrogen and oxygen atoms in total. The van der Waals surface area contributed by atoms with E-state index in [9.17, 15) is 4.79 Å². The number of ketones is 1. The Kier molecular flexibility index (Phi) is 3.70. The van der Waals surface area contributed by atoms with Gasteiger partial charge in [-0.25, -0.2) is 0 Å². The second-order valence-electron chi connectivity index (χ2n) is 7.24. The van der Waals surface area contributed by atoms with Crippen molar-refractivity contribution in [2.75, 3.05) is 6.17 Å². The summed E-state index contributed by atoms with van der Waals surface area (Å²) in [6, 6.07) is 1.32. The highest BCUT2D eigenvalue weighted by Gasteiger charge is 2.46. The lowest BCUT2D eigenvalue weighted by Crippen LogP contribution is -2.49. The molecule has 94 valence electrons.